The quantitative estimate of drug-likeness (QED) is 0.367. The van der Waals surface area contributed by atoms with Crippen molar-refractivity contribution in [3.8, 4) is 0 Å². The van der Waals surface area contributed by atoms with E-state index in [9.17, 15) is 19.2 Å². The third kappa shape index (κ3) is 2.36. The molecule has 0 aromatic carbocycles. The number of hydrogen-bond donors (Lipinski definition) is 0. The predicted octanol–water partition coefficient (Wildman–Crippen LogP) is 1.93. The fourth-order valence-electron chi connectivity index (χ4n) is 3.26. The summed E-state index contributed by atoms with van der Waals surface area (Å²) >= 11 is 0. The molecule has 4 rings (SSSR count). The molecule has 4 atom stereocenters. The molecule has 1 saturated carbocycles. The number of ether oxygens (including phenoxy) is 6. The van der Waals surface area contributed by atoms with Crippen LogP contribution < -0.4 is 0 Å². The van der Waals surface area contributed by atoms with Crippen molar-refractivity contribution >= 4 is 24.6 Å². The summed E-state index contributed by atoms with van der Waals surface area (Å²) in [7, 11) is 0. The highest BCUT2D eigenvalue weighted by atomic mass is 16.8. The molecule has 24 heavy (non-hydrogen) atoms. The van der Waals surface area contributed by atoms with Crippen LogP contribution in [0.4, 0.5) is 19.2 Å². The maximum Gasteiger partial charge on any atom is 0.523 e. The first-order valence-corrected chi connectivity index (χ1v) is 7.12. The molecule has 4 aliphatic rings. The Balaban J connectivity index is 1.68. The second kappa shape index (κ2) is 5.25. The topological polar surface area (TPSA) is 124 Å². The van der Waals surface area contributed by atoms with Gasteiger partial charge in [0, 0.05) is 5.92 Å². The van der Waals surface area contributed by atoms with Crippen LogP contribution in [-0.4, -0.2) is 42.9 Å². The van der Waals surface area contributed by atoms with E-state index in [0.29, 0.717) is 18.4 Å². The van der Waals surface area contributed by atoms with Crippen LogP contribution in [0.5, 0.6) is 0 Å². The number of carbonyl (C=O) groups is 4. The lowest BCUT2D eigenvalue weighted by Gasteiger charge is -2.39. The smallest absolute Gasteiger partial charge is 0.426 e. The zero-order valence-electron chi connectivity index (χ0n) is 12.0. The predicted molar refractivity (Wildman–Crippen MR) is 68.3 cm³/mol. The molecule has 0 aromatic heterocycles. The second-order valence-electron chi connectivity index (χ2n) is 5.46. The number of rotatable bonds is 0. The van der Waals surface area contributed by atoms with Crippen molar-refractivity contribution in [2.24, 2.45) is 5.92 Å². The molecule has 10 heteroatoms. The van der Waals surface area contributed by atoms with E-state index in [1.807, 2.05) is 0 Å². The molecular weight excluding hydrogens is 328 g/mol. The van der Waals surface area contributed by atoms with Crippen LogP contribution in [-0.2, 0) is 28.4 Å². The Hall–Kier alpha value is -3.04. The molecule has 2 aliphatic heterocycles. The molecule has 2 aliphatic carbocycles. The first kappa shape index (κ1) is 14.5. The third-order valence-corrected chi connectivity index (χ3v) is 4.17. The summed E-state index contributed by atoms with van der Waals surface area (Å²) in [5, 5.41) is 0. The molecule has 10 nitrogen and oxygen atoms in total. The molecule has 0 N–H and O–H groups in total. The van der Waals surface area contributed by atoms with Crippen LogP contribution in [0.15, 0.2) is 23.5 Å². The maximum atomic E-state index is 11.5. The molecule has 0 bridgehead atoms. The van der Waals surface area contributed by atoms with Crippen molar-refractivity contribution in [2.75, 3.05) is 0 Å². The van der Waals surface area contributed by atoms with Gasteiger partial charge in [0.25, 0.3) is 0 Å². The number of fused-ring (bicyclic) bond motifs is 5. The molecule has 2 heterocycles. The molecule has 0 spiro atoms. The van der Waals surface area contributed by atoms with Crippen LogP contribution in [0.3, 0.4) is 0 Å². The van der Waals surface area contributed by atoms with E-state index in [1.54, 1.807) is 6.08 Å². The first-order chi connectivity index (χ1) is 11.5. The fraction of sp³-hybridized carbons (Fsp3) is 0.429. The summed E-state index contributed by atoms with van der Waals surface area (Å²) in [6.07, 6.45) is -3.36. The molecule has 126 valence electrons. The highest BCUT2D eigenvalue weighted by Crippen LogP contribution is 2.42. The monoisotopic (exact) mass is 338 g/mol. The molecule has 0 aromatic rings. The van der Waals surface area contributed by atoms with E-state index in [1.165, 1.54) is 6.08 Å². The lowest BCUT2D eigenvalue weighted by atomic mass is 9.74. The maximum absolute atomic E-state index is 11.5. The van der Waals surface area contributed by atoms with E-state index in [-0.39, 0.29) is 5.76 Å². The standard InChI is InChI=1S/C14H10O10/c15-11-19-7-3-1-5-6(10(7)22-14(18)23-11)2-4-8-9(5)21-13(17)24-12(16)20-8/h1,3,6,8-10H,2,4H2. The summed E-state index contributed by atoms with van der Waals surface area (Å²) < 4.78 is 28.8. The molecule has 2 saturated heterocycles. The van der Waals surface area contributed by atoms with E-state index in [0.717, 1.165) is 0 Å². The third-order valence-electron chi connectivity index (χ3n) is 4.17. The fourth-order valence-corrected chi connectivity index (χ4v) is 3.26. The zero-order valence-corrected chi connectivity index (χ0v) is 12.0. The van der Waals surface area contributed by atoms with Crippen molar-refractivity contribution < 1.29 is 47.6 Å². The van der Waals surface area contributed by atoms with Gasteiger partial charge < -0.3 is 28.4 Å². The molecule has 0 radical (unpaired) electrons. The van der Waals surface area contributed by atoms with E-state index in [4.69, 9.17) is 18.9 Å². The minimum absolute atomic E-state index is 0.117. The highest BCUT2D eigenvalue weighted by Gasteiger charge is 2.49. The number of allylic oxidation sites excluding steroid dienone is 2. The number of carbonyl (C=O) groups excluding carboxylic acids is 4. The van der Waals surface area contributed by atoms with Crippen molar-refractivity contribution in [1.29, 1.82) is 0 Å². The minimum Gasteiger partial charge on any atom is -0.426 e. The van der Waals surface area contributed by atoms with Gasteiger partial charge in [-0.25, -0.2) is 19.2 Å². The summed E-state index contributed by atoms with van der Waals surface area (Å²) in [6.45, 7) is 0. The van der Waals surface area contributed by atoms with Gasteiger partial charge in [-0.1, -0.05) is 6.08 Å². The van der Waals surface area contributed by atoms with E-state index >= 15 is 0 Å². The Labute approximate surface area is 133 Å². The summed E-state index contributed by atoms with van der Waals surface area (Å²) in [4.78, 5) is 45.6. The van der Waals surface area contributed by atoms with Gasteiger partial charge in [-0.2, -0.15) is 0 Å². The molecular formula is C14H10O10. The van der Waals surface area contributed by atoms with Crippen LogP contribution in [0.1, 0.15) is 12.8 Å². The van der Waals surface area contributed by atoms with Crippen molar-refractivity contribution in [2.45, 2.75) is 31.2 Å². The first-order valence-electron chi connectivity index (χ1n) is 7.12. The lowest BCUT2D eigenvalue weighted by Crippen LogP contribution is -2.45. The Morgan fingerprint density at radius 1 is 0.708 bits per heavy atom. The van der Waals surface area contributed by atoms with Gasteiger partial charge >= 0.3 is 24.6 Å². The molecule has 3 fully saturated rings. The summed E-state index contributed by atoms with van der Waals surface area (Å²) in [5.41, 5.74) is 0.567. The summed E-state index contributed by atoms with van der Waals surface area (Å²) in [5.74, 6) is -0.305. The lowest BCUT2D eigenvalue weighted by molar-refractivity contribution is -0.0165. The van der Waals surface area contributed by atoms with Gasteiger partial charge in [-0.05, 0) is 24.5 Å². The largest absolute Gasteiger partial charge is 0.523 e. The number of cyclic esters (lactones) is 4. The van der Waals surface area contributed by atoms with Crippen LogP contribution in [0, 0.1) is 5.92 Å². The van der Waals surface area contributed by atoms with Gasteiger partial charge in [0.15, 0.2) is 18.0 Å². The van der Waals surface area contributed by atoms with E-state index < -0.39 is 48.9 Å². The van der Waals surface area contributed by atoms with Crippen molar-refractivity contribution in [3.05, 3.63) is 23.5 Å². The zero-order chi connectivity index (χ0) is 16.8. The van der Waals surface area contributed by atoms with Gasteiger partial charge in [-0.3, -0.25) is 0 Å². The van der Waals surface area contributed by atoms with Gasteiger partial charge in [0.05, 0.1) is 0 Å². The van der Waals surface area contributed by atoms with Gasteiger partial charge in [-0.15, -0.1) is 0 Å². The Morgan fingerprint density at radius 2 is 1.38 bits per heavy atom. The second-order valence-corrected chi connectivity index (χ2v) is 5.46. The van der Waals surface area contributed by atoms with Gasteiger partial charge in [0.1, 0.15) is 6.10 Å². The van der Waals surface area contributed by atoms with Crippen molar-refractivity contribution in [3.63, 3.8) is 0 Å². The molecule has 4 unspecified atom stereocenters. The Kier molecular flexibility index (Phi) is 3.18. The van der Waals surface area contributed by atoms with E-state index in [2.05, 4.69) is 9.47 Å². The van der Waals surface area contributed by atoms with Crippen molar-refractivity contribution in [1.82, 2.24) is 0 Å². The SMILES string of the molecule is O=C1OC(=O)OC2C(=CC=C3C2CCC2OC(=O)OC(=O)OC32)O1. The van der Waals surface area contributed by atoms with Crippen LogP contribution in [0.2, 0.25) is 0 Å². The molecule has 0 amide bonds. The highest BCUT2D eigenvalue weighted by molar-refractivity contribution is 5.79. The Morgan fingerprint density at radius 3 is 2.17 bits per heavy atom. The van der Waals surface area contributed by atoms with Gasteiger partial charge in [0.2, 0.25) is 0 Å². The average molecular weight is 338 g/mol. The Bertz CT molecular complexity index is 704. The minimum atomic E-state index is -1.18. The normalized spacial score (nSPS) is 34.7. The average Bonchev–Trinajstić information content (AvgIpc) is 2.74. The number of hydrogen-bond acceptors (Lipinski definition) is 10. The van der Waals surface area contributed by atoms with Crippen LogP contribution in [0.25, 0.3) is 0 Å². The van der Waals surface area contributed by atoms with Crippen LogP contribution >= 0.6 is 0 Å². The summed E-state index contributed by atoms with van der Waals surface area (Å²) in [6, 6.07) is 0.